The average molecular weight is 941 g/mol. The van der Waals surface area contributed by atoms with Crippen LogP contribution in [0.1, 0.15) is 64.2 Å². The molecule has 0 aromatic carbocycles. The van der Waals surface area contributed by atoms with Crippen molar-refractivity contribution in [3.05, 3.63) is 12.2 Å². The van der Waals surface area contributed by atoms with E-state index >= 15 is 0 Å². The van der Waals surface area contributed by atoms with Gasteiger partial charge in [-0.05, 0) is 76.0 Å². The van der Waals surface area contributed by atoms with E-state index in [0.717, 1.165) is 6.08 Å². The van der Waals surface area contributed by atoms with Gasteiger partial charge in [0.2, 0.25) is 0 Å². The molecule has 0 spiro atoms. The van der Waals surface area contributed by atoms with Gasteiger partial charge in [-0.3, -0.25) is 0 Å². The summed E-state index contributed by atoms with van der Waals surface area (Å²) in [6, 6.07) is 0. The van der Waals surface area contributed by atoms with E-state index in [2.05, 4.69) is 0 Å². The van der Waals surface area contributed by atoms with E-state index < -0.39 is 173 Å². The summed E-state index contributed by atoms with van der Waals surface area (Å²) in [6.45, 7) is -2.08. The van der Waals surface area contributed by atoms with Crippen LogP contribution in [0.15, 0.2) is 12.2 Å². The van der Waals surface area contributed by atoms with Gasteiger partial charge in [0.05, 0.1) is 62.0 Å². The lowest BCUT2D eigenvalue weighted by Gasteiger charge is -2.51. The second-order valence-corrected chi connectivity index (χ2v) is 18.8. The normalized spacial score (nSPS) is 51.0. The Morgan fingerprint density at radius 1 is 0.523 bits per heavy atom. The maximum absolute atomic E-state index is 12.9. The number of fused-ring (bicyclic) bond motifs is 1. The van der Waals surface area contributed by atoms with E-state index in [1.165, 1.54) is 6.08 Å². The highest BCUT2D eigenvalue weighted by atomic mass is 16.8. The molecule has 0 aromatic heterocycles. The van der Waals surface area contributed by atoms with Crippen LogP contribution >= 0.6 is 0 Å². The average Bonchev–Trinajstić information content (AvgIpc) is 3.28. The second-order valence-electron chi connectivity index (χ2n) is 18.8. The molecule has 7 rings (SSSR count). The number of rotatable bonds is 13. The molecule has 9 unspecified atom stereocenters. The fourth-order valence-corrected chi connectivity index (χ4v) is 10.4. The Bertz CT molecular complexity index is 1530. The molecular formula is C42H68O23. The van der Waals surface area contributed by atoms with E-state index in [4.69, 9.17) is 37.9 Å². The maximum atomic E-state index is 12.9. The molecule has 0 amide bonds. The van der Waals surface area contributed by atoms with Gasteiger partial charge in [0.15, 0.2) is 18.9 Å². The van der Waals surface area contributed by atoms with Gasteiger partial charge in [-0.25, -0.2) is 4.79 Å². The molecule has 3 aliphatic carbocycles. The van der Waals surface area contributed by atoms with Crippen LogP contribution in [0, 0.1) is 17.8 Å². The fourth-order valence-electron chi connectivity index (χ4n) is 10.4. The Hall–Kier alpha value is -1.63. The first-order valence-corrected chi connectivity index (χ1v) is 22.8. The molecule has 3 saturated carbocycles. The first-order chi connectivity index (χ1) is 31.0. The van der Waals surface area contributed by atoms with Crippen LogP contribution in [0.5, 0.6) is 0 Å². The van der Waals surface area contributed by atoms with Gasteiger partial charge >= 0.3 is 5.97 Å². The lowest BCUT2D eigenvalue weighted by atomic mass is 9.73. The number of esters is 1. The number of aliphatic hydroxyl groups excluding tert-OH is 14. The summed E-state index contributed by atoms with van der Waals surface area (Å²) in [7, 11) is 0. The van der Waals surface area contributed by atoms with Crippen LogP contribution in [-0.2, 0) is 42.7 Å². The molecule has 14 N–H and O–H groups in total. The van der Waals surface area contributed by atoms with Crippen molar-refractivity contribution in [2.75, 3.05) is 19.8 Å². The third-order valence-corrected chi connectivity index (χ3v) is 14.3. The Balaban J connectivity index is 0.986. The summed E-state index contributed by atoms with van der Waals surface area (Å²) in [5.74, 6) is -1.83. The number of aliphatic hydroxyl groups is 14. The first-order valence-electron chi connectivity index (χ1n) is 22.8. The number of hydrogen-bond donors (Lipinski definition) is 14. The van der Waals surface area contributed by atoms with E-state index in [1.54, 1.807) is 0 Å². The highest BCUT2D eigenvalue weighted by Gasteiger charge is 2.55. The standard InChI is InChI=1S/C42H68O23/c43-13-26-30(50)33(53)36(56)40(62-26)60-24-9-16(1-7-21(24)47)2-8-29(49)58-15-28-32(52)34(54)37(57)41(64-28)65-39-35(55)31(51)27(14-44)63-42(39)61-25-12-20-22(48)10-19(46)11-23(20)59-38(25)17-3-5-18(45)6-4-17/h2,8,16-28,30-48,50-57H,1,3-7,9-15H2/t16?,17?,18?,19?,20?,21?,22?,23?,24?,25?,26-,27-,28-,30-,31-,32-,33+,34+,35+,36-,37-,38?,39-,40-,41+,42-/m1/s1. The zero-order valence-electron chi connectivity index (χ0n) is 35.8. The van der Waals surface area contributed by atoms with Crippen molar-refractivity contribution in [3.8, 4) is 0 Å². The second kappa shape index (κ2) is 22.4. The van der Waals surface area contributed by atoms with Crippen molar-refractivity contribution in [1.29, 1.82) is 0 Å². The predicted molar refractivity (Wildman–Crippen MR) is 212 cm³/mol. The Morgan fingerprint density at radius 2 is 1.11 bits per heavy atom. The lowest BCUT2D eigenvalue weighted by molar-refractivity contribution is -0.379. The molecule has 7 fully saturated rings. The summed E-state index contributed by atoms with van der Waals surface area (Å²) in [6.07, 6.45) is -24.8. The fraction of sp³-hybridized carbons (Fsp3) is 0.929. The maximum Gasteiger partial charge on any atom is 0.330 e. The molecule has 24 atom stereocenters. The Morgan fingerprint density at radius 3 is 1.77 bits per heavy atom. The Kier molecular flexibility index (Phi) is 17.7. The lowest BCUT2D eigenvalue weighted by Crippen LogP contribution is -2.65. The third kappa shape index (κ3) is 11.7. The van der Waals surface area contributed by atoms with E-state index in [9.17, 15) is 76.3 Å². The summed E-state index contributed by atoms with van der Waals surface area (Å²) in [5.41, 5.74) is 0. The highest BCUT2D eigenvalue weighted by molar-refractivity contribution is 5.81. The SMILES string of the molecule is O=C(C=CC1CCC(O)C(O[C@@H]2O[C@H](CO)[C@@H](O)[C@H](O)[C@H]2O)C1)OC[C@H]1O[C@@H](O[C@H]2[C@H](OC3CC4C(O)CC(O)CC4OC3C3CCC(O)CC3)O[C@H](CO)[C@@H](O)[C@@H]2O)[C@H](O)[C@@H](O)[C@@H]1O. The number of hydrogen-bond acceptors (Lipinski definition) is 23. The molecule has 65 heavy (non-hydrogen) atoms. The number of carbonyl (C=O) groups is 1. The third-order valence-electron chi connectivity index (χ3n) is 14.3. The molecule has 4 heterocycles. The Labute approximate surface area is 374 Å². The van der Waals surface area contributed by atoms with Crippen molar-refractivity contribution in [2.45, 2.75) is 205 Å². The minimum Gasteiger partial charge on any atom is -0.460 e. The van der Waals surface area contributed by atoms with Gasteiger partial charge in [0.25, 0.3) is 0 Å². The van der Waals surface area contributed by atoms with Gasteiger partial charge in [0.1, 0.15) is 79.9 Å². The summed E-state index contributed by atoms with van der Waals surface area (Å²) in [5, 5.41) is 147. The van der Waals surface area contributed by atoms with E-state index in [-0.39, 0.29) is 37.5 Å². The zero-order valence-corrected chi connectivity index (χ0v) is 35.8. The van der Waals surface area contributed by atoms with Gasteiger partial charge in [0, 0.05) is 12.0 Å². The topological polar surface area (TPSA) is 374 Å². The molecule has 23 nitrogen and oxygen atoms in total. The van der Waals surface area contributed by atoms with E-state index in [1.807, 2.05) is 0 Å². The minimum absolute atomic E-state index is 0.113. The van der Waals surface area contributed by atoms with Crippen molar-refractivity contribution >= 4 is 5.97 Å². The summed E-state index contributed by atoms with van der Waals surface area (Å²) < 4.78 is 47.3. The summed E-state index contributed by atoms with van der Waals surface area (Å²) in [4.78, 5) is 12.9. The number of ether oxygens (including phenoxy) is 8. The van der Waals surface area contributed by atoms with Gasteiger partial charge < -0.3 is 109 Å². The van der Waals surface area contributed by atoms with Crippen molar-refractivity contribution in [3.63, 3.8) is 0 Å². The number of carbonyl (C=O) groups excluding carboxylic acids is 1. The van der Waals surface area contributed by atoms with E-state index in [0.29, 0.717) is 38.5 Å². The molecule has 374 valence electrons. The van der Waals surface area contributed by atoms with Crippen molar-refractivity contribution < 1.29 is 114 Å². The molecular weight excluding hydrogens is 872 g/mol. The van der Waals surface area contributed by atoms with Crippen LogP contribution in [0.25, 0.3) is 0 Å². The van der Waals surface area contributed by atoms with Crippen molar-refractivity contribution in [2.24, 2.45) is 17.8 Å². The van der Waals surface area contributed by atoms with Crippen LogP contribution < -0.4 is 0 Å². The largest absolute Gasteiger partial charge is 0.460 e. The molecule has 4 aliphatic heterocycles. The van der Waals surface area contributed by atoms with Gasteiger partial charge in [-0.1, -0.05) is 6.08 Å². The molecule has 0 aromatic rings. The molecule has 23 heteroatoms. The predicted octanol–water partition coefficient (Wildman–Crippen LogP) is -5.71. The molecule has 0 radical (unpaired) electrons. The molecule has 7 aliphatic rings. The summed E-state index contributed by atoms with van der Waals surface area (Å²) >= 11 is 0. The molecule has 4 saturated heterocycles. The van der Waals surface area contributed by atoms with Crippen LogP contribution in [0.2, 0.25) is 0 Å². The minimum atomic E-state index is -1.96. The van der Waals surface area contributed by atoms with Crippen LogP contribution in [0.3, 0.4) is 0 Å². The zero-order chi connectivity index (χ0) is 46.9. The monoisotopic (exact) mass is 940 g/mol. The number of allylic oxidation sites excluding steroid dienone is 1. The molecule has 0 bridgehead atoms. The van der Waals surface area contributed by atoms with Gasteiger partial charge in [-0.15, -0.1) is 0 Å². The quantitative estimate of drug-likeness (QED) is 0.0604. The highest BCUT2D eigenvalue weighted by Crippen LogP contribution is 2.44. The van der Waals surface area contributed by atoms with Crippen molar-refractivity contribution in [1.82, 2.24) is 0 Å². The first kappa shape index (κ1) is 51.2. The smallest absolute Gasteiger partial charge is 0.330 e. The van der Waals surface area contributed by atoms with Crippen LogP contribution in [0.4, 0.5) is 0 Å². The van der Waals surface area contributed by atoms with Crippen LogP contribution in [-0.4, -0.2) is 238 Å². The van der Waals surface area contributed by atoms with Gasteiger partial charge in [-0.2, -0.15) is 0 Å².